The van der Waals surface area contributed by atoms with Gasteiger partial charge in [-0.05, 0) is 19.3 Å². The van der Waals surface area contributed by atoms with Gasteiger partial charge in [0.05, 0.1) is 12.3 Å². The molecule has 0 aromatic rings. The van der Waals surface area contributed by atoms with Gasteiger partial charge >= 0.3 is 0 Å². The largest absolute Gasteiger partial charge is 0.393 e. The van der Waals surface area contributed by atoms with Gasteiger partial charge in [0.1, 0.15) is 0 Å². The zero-order valence-corrected chi connectivity index (χ0v) is 7.29. The average molecular weight is 160 g/mol. The lowest BCUT2D eigenvalue weighted by Gasteiger charge is -2.07. The van der Waals surface area contributed by atoms with E-state index < -0.39 is 0 Å². The second kappa shape index (κ2) is 6.58. The molecule has 0 amide bonds. The average Bonchev–Trinajstić information content (AvgIpc) is 1.97. The summed E-state index contributed by atoms with van der Waals surface area (Å²) in [6, 6.07) is 0. The van der Waals surface area contributed by atoms with Crippen molar-refractivity contribution in [2.45, 2.75) is 51.3 Å². The van der Waals surface area contributed by atoms with Crippen molar-refractivity contribution in [2.24, 2.45) is 11.5 Å². The molecule has 11 heavy (non-hydrogen) atoms. The maximum Gasteiger partial charge on any atom is 0.0537 e. The number of hydrogen-bond acceptors (Lipinski definition) is 3. The topological polar surface area (TPSA) is 72.3 Å². The first-order valence-electron chi connectivity index (χ1n) is 4.36. The normalized spacial score (nSPS) is 13.9. The molecule has 0 rings (SSSR count). The van der Waals surface area contributed by atoms with E-state index in [9.17, 15) is 0 Å². The van der Waals surface area contributed by atoms with E-state index in [1.807, 2.05) is 6.92 Å². The Labute approximate surface area is 68.8 Å². The number of aliphatic hydroxyl groups excluding tert-OH is 1. The Hall–Kier alpha value is -0.120. The summed E-state index contributed by atoms with van der Waals surface area (Å²) < 4.78 is 0. The monoisotopic (exact) mass is 160 g/mol. The van der Waals surface area contributed by atoms with Crippen LogP contribution in [0.4, 0.5) is 0 Å². The minimum atomic E-state index is -0.186. The van der Waals surface area contributed by atoms with Gasteiger partial charge in [-0.2, -0.15) is 0 Å². The molecular formula is C8H20N2O. The third kappa shape index (κ3) is 7.78. The number of rotatable bonds is 6. The summed E-state index contributed by atoms with van der Waals surface area (Å²) in [6.45, 7) is 1.99. The first kappa shape index (κ1) is 10.9. The summed E-state index contributed by atoms with van der Waals surface area (Å²) in [5, 5.41) is 9.16. The van der Waals surface area contributed by atoms with Crippen LogP contribution in [-0.4, -0.2) is 17.4 Å². The van der Waals surface area contributed by atoms with E-state index >= 15 is 0 Å². The third-order valence-corrected chi connectivity index (χ3v) is 1.80. The fourth-order valence-corrected chi connectivity index (χ4v) is 0.964. The summed E-state index contributed by atoms with van der Waals surface area (Å²) >= 11 is 0. The van der Waals surface area contributed by atoms with Crippen molar-refractivity contribution in [1.29, 1.82) is 0 Å². The van der Waals surface area contributed by atoms with Crippen molar-refractivity contribution in [1.82, 2.24) is 0 Å². The van der Waals surface area contributed by atoms with Crippen molar-refractivity contribution in [3.8, 4) is 0 Å². The van der Waals surface area contributed by atoms with Gasteiger partial charge in [-0.25, -0.2) is 0 Å². The van der Waals surface area contributed by atoms with Crippen molar-refractivity contribution >= 4 is 0 Å². The van der Waals surface area contributed by atoms with E-state index in [0.29, 0.717) is 0 Å². The minimum absolute atomic E-state index is 0.135. The van der Waals surface area contributed by atoms with Gasteiger partial charge in [-0.1, -0.05) is 19.8 Å². The van der Waals surface area contributed by atoms with Crippen molar-refractivity contribution < 1.29 is 5.11 Å². The molecule has 0 heterocycles. The summed E-state index contributed by atoms with van der Waals surface area (Å²) in [4.78, 5) is 0. The fourth-order valence-electron chi connectivity index (χ4n) is 0.964. The van der Waals surface area contributed by atoms with Crippen LogP contribution in [0, 0.1) is 0 Å². The predicted octanol–water partition coefficient (Wildman–Crippen LogP) is 0.561. The molecular weight excluding hydrogens is 140 g/mol. The molecule has 1 atom stereocenters. The minimum Gasteiger partial charge on any atom is -0.393 e. The second-order valence-electron chi connectivity index (χ2n) is 3.01. The molecule has 68 valence electrons. The van der Waals surface area contributed by atoms with E-state index in [0.717, 1.165) is 32.1 Å². The highest BCUT2D eigenvalue weighted by molar-refractivity contribution is 4.55. The molecule has 0 aliphatic carbocycles. The lowest BCUT2D eigenvalue weighted by Crippen LogP contribution is -2.29. The quantitative estimate of drug-likeness (QED) is 0.393. The van der Waals surface area contributed by atoms with E-state index in [1.54, 1.807) is 0 Å². The second-order valence-corrected chi connectivity index (χ2v) is 3.01. The van der Waals surface area contributed by atoms with Crippen LogP contribution >= 0.6 is 0 Å². The number of nitrogens with two attached hydrogens (primary N) is 2. The molecule has 0 saturated carbocycles. The highest BCUT2D eigenvalue weighted by atomic mass is 16.3. The van der Waals surface area contributed by atoms with Gasteiger partial charge in [0.2, 0.25) is 0 Å². The zero-order chi connectivity index (χ0) is 8.69. The van der Waals surface area contributed by atoms with Gasteiger partial charge in [-0.3, -0.25) is 0 Å². The maximum atomic E-state index is 9.16. The van der Waals surface area contributed by atoms with E-state index in [1.165, 1.54) is 0 Å². The summed E-state index contributed by atoms with van der Waals surface area (Å²) in [7, 11) is 0. The lowest BCUT2D eigenvalue weighted by molar-refractivity contribution is 0.156. The summed E-state index contributed by atoms with van der Waals surface area (Å²) in [5.74, 6) is 0. The molecule has 0 spiro atoms. The Morgan fingerprint density at radius 2 is 1.73 bits per heavy atom. The molecule has 0 aromatic heterocycles. The van der Waals surface area contributed by atoms with Gasteiger partial charge in [0, 0.05) is 0 Å². The Morgan fingerprint density at radius 3 is 2.18 bits per heavy atom. The van der Waals surface area contributed by atoms with E-state index in [2.05, 4.69) is 0 Å². The molecule has 1 unspecified atom stereocenters. The van der Waals surface area contributed by atoms with Crippen LogP contribution < -0.4 is 11.5 Å². The third-order valence-electron chi connectivity index (χ3n) is 1.80. The predicted molar refractivity (Wildman–Crippen MR) is 46.9 cm³/mol. The van der Waals surface area contributed by atoms with Crippen LogP contribution in [0.15, 0.2) is 0 Å². The van der Waals surface area contributed by atoms with E-state index in [-0.39, 0.29) is 12.3 Å². The zero-order valence-electron chi connectivity index (χ0n) is 7.29. The molecule has 0 radical (unpaired) electrons. The van der Waals surface area contributed by atoms with Gasteiger partial charge in [-0.15, -0.1) is 0 Å². The van der Waals surface area contributed by atoms with Crippen LogP contribution in [0.25, 0.3) is 0 Å². The molecule has 3 nitrogen and oxygen atoms in total. The number of aliphatic hydroxyl groups is 1. The molecule has 0 bridgehead atoms. The number of hydrogen-bond donors (Lipinski definition) is 3. The van der Waals surface area contributed by atoms with Crippen LogP contribution in [-0.2, 0) is 0 Å². The van der Waals surface area contributed by atoms with Crippen molar-refractivity contribution in [3.05, 3.63) is 0 Å². The fraction of sp³-hybridized carbons (Fsp3) is 1.00. The highest BCUT2D eigenvalue weighted by Crippen LogP contribution is 2.05. The Bertz CT molecular complexity index is 86.2. The van der Waals surface area contributed by atoms with Gasteiger partial charge in [0.15, 0.2) is 0 Å². The van der Waals surface area contributed by atoms with Crippen molar-refractivity contribution in [2.75, 3.05) is 0 Å². The Morgan fingerprint density at radius 1 is 1.18 bits per heavy atom. The summed E-state index contributed by atoms with van der Waals surface area (Å²) in [6.07, 6.45) is 4.31. The molecule has 0 aromatic carbocycles. The Balaban J connectivity index is 3.01. The number of unbranched alkanes of at least 4 members (excludes halogenated alkanes) is 1. The lowest BCUT2D eigenvalue weighted by atomic mass is 10.1. The molecule has 0 aliphatic rings. The first-order valence-corrected chi connectivity index (χ1v) is 4.36. The van der Waals surface area contributed by atoms with Crippen LogP contribution in [0.3, 0.4) is 0 Å². The molecule has 0 fully saturated rings. The van der Waals surface area contributed by atoms with Crippen LogP contribution in [0.5, 0.6) is 0 Å². The van der Waals surface area contributed by atoms with E-state index in [4.69, 9.17) is 16.6 Å². The summed E-state index contributed by atoms with van der Waals surface area (Å²) in [5.41, 5.74) is 10.7. The molecule has 5 N–H and O–H groups in total. The van der Waals surface area contributed by atoms with Gasteiger partial charge in [0.25, 0.3) is 0 Å². The smallest absolute Gasteiger partial charge is 0.0537 e. The standard InChI is InChI=1S/C8H20N2O/c1-2-7(11)5-3-4-6-8(9)10/h7-8,11H,2-6,9-10H2,1H3. The van der Waals surface area contributed by atoms with Crippen LogP contribution in [0.1, 0.15) is 39.0 Å². The maximum absolute atomic E-state index is 9.16. The van der Waals surface area contributed by atoms with Crippen molar-refractivity contribution in [3.63, 3.8) is 0 Å². The Kier molecular flexibility index (Phi) is 6.51. The first-order chi connectivity index (χ1) is 5.16. The molecule has 3 heteroatoms. The SMILES string of the molecule is CCC(O)CCCCC(N)N. The molecule has 0 aliphatic heterocycles. The van der Waals surface area contributed by atoms with Crippen LogP contribution in [0.2, 0.25) is 0 Å². The van der Waals surface area contributed by atoms with Gasteiger partial charge < -0.3 is 16.6 Å². The highest BCUT2D eigenvalue weighted by Gasteiger charge is 2.00. The molecule has 0 saturated heterocycles.